The lowest BCUT2D eigenvalue weighted by atomic mass is 10.2. The second kappa shape index (κ2) is 8.14. The van der Waals surface area contributed by atoms with Gasteiger partial charge < -0.3 is 9.67 Å². The minimum absolute atomic E-state index is 0.122. The van der Waals surface area contributed by atoms with Gasteiger partial charge >= 0.3 is 0 Å². The summed E-state index contributed by atoms with van der Waals surface area (Å²) in [6, 6.07) is 5.13. The number of aromatic hydroxyl groups is 1. The molecule has 136 valence electrons. The summed E-state index contributed by atoms with van der Waals surface area (Å²) < 4.78 is 2.69. The normalized spacial score (nSPS) is 10.9. The van der Waals surface area contributed by atoms with Crippen molar-refractivity contribution >= 4 is 50.1 Å². The number of phenolic OH excluding ortho intramolecular Hbond substituents is 1. The van der Waals surface area contributed by atoms with E-state index >= 15 is 0 Å². The number of nitrogens with one attached hydrogen (secondary N) is 1. The molecule has 3 aromatic rings. The SMILES string of the molecule is CCn1c(SCC(=O)Nc2nnc(C)s2)nnc1-c1cc(Br)ccc1O. The number of phenols is 1. The number of hydrogen-bond donors (Lipinski definition) is 2. The molecule has 1 amide bonds. The fourth-order valence-electron chi connectivity index (χ4n) is 2.20. The van der Waals surface area contributed by atoms with Gasteiger partial charge in [0, 0.05) is 11.0 Å². The first-order valence-corrected chi connectivity index (χ1v) is 10.2. The van der Waals surface area contributed by atoms with E-state index in [1.54, 1.807) is 18.2 Å². The van der Waals surface area contributed by atoms with Crippen molar-refractivity contribution in [3.8, 4) is 17.1 Å². The number of carbonyl (C=O) groups excluding carboxylic acids is 1. The van der Waals surface area contributed by atoms with Gasteiger partial charge in [-0.25, -0.2) is 0 Å². The van der Waals surface area contributed by atoms with E-state index in [2.05, 4.69) is 41.6 Å². The monoisotopic (exact) mass is 454 g/mol. The van der Waals surface area contributed by atoms with Crippen molar-refractivity contribution < 1.29 is 9.90 Å². The summed E-state index contributed by atoms with van der Waals surface area (Å²) in [4.78, 5) is 12.1. The van der Waals surface area contributed by atoms with Crippen molar-refractivity contribution in [3.05, 3.63) is 27.7 Å². The van der Waals surface area contributed by atoms with Crippen LogP contribution in [0.4, 0.5) is 5.13 Å². The molecule has 0 saturated carbocycles. The molecule has 2 heterocycles. The number of carbonyl (C=O) groups is 1. The van der Waals surface area contributed by atoms with Crippen LogP contribution in [0.2, 0.25) is 0 Å². The predicted octanol–water partition coefficient (Wildman–Crippen LogP) is 3.32. The molecule has 0 aliphatic carbocycles. The molecule has 0 aliphatic rings. The van der Waals surface area contributed by atoms with E-state index in [4.69, 9.17) is 0 Å². The zero-order chi connectivity index (χ0) is 18.7. The first-order valence-electron chi connectivity index (χ1n) is 7.62. The summed E-state index contributed by atoms with van der Waals surface area (Å²) in [5, 5.41) is 30.8. The highest BCUT2D eigenvalue weighted by atomic mass is 79.9. The highest BCUT2D eigenvalue weighted by Crippen LogP contribution is 2.32. The van der Waals surface area contributed by atoms with Crippen LogP contribution in [-0.2, 0) is 11.3 Å². The largest absolute Gasteiger partial charge is 0.507 e. The topological polar surface area (TPSA) is 106 Å². The highest BCUT2D eigenvalue weighted by molar-refractivity contribution is 9.10. The second-order valence-corrected chi connectivity index (χ2v) is 8.21. The van der Waals surface area contributed by atoms with Gasteiger partial charge in [-0.2, -0.15) is 0 Å². The number of halogens is 1. The number of rotatable bonds is 6. The lowest BCUT2D eigenvalue weighted by Gasteiger charge is -2.08. The van der Waals surface area contributed by atoms with E-state index in [-0.39, 0.29) is 17.4 Å². The third kappa shape index (κ3) is 4.22. The summed E-state index contributed by atoms with van der Waals surface area (Å²) >= 11 is 5.99. The van der Waals surface area contributed by atoms with Crippen molar-refractivity contribution in [2.24, 2.45) is 0 Å². The minimum Gasteiger partial charge on any atom is -0.507 e. The standard InChI is InChI=1S/C15H15BrN6O2S2/c1-3-22-13(10-6-9(16)4-5-11(10)23)19-21-15(22)25-7-12(24)17-14-20-18-8(2)26-14/h4-6,23H,3,7H2,1-2H3,(H,17,20,24). The first kappa shape index (κ1) is 18.8. The summed E-state index contributed by atoms with van der Waals surface area (Å²) in [5.74, 6) is 0.648. The molecule has 2 N–H and O–H groups in total. The molecular formula is C15H15BrN6O2S2. The molecule has 1 aromatic carbocycles. The number of thioether (sulfide) groups is 1. The summed E-state index contributed by atoms with van der Waals surface area (Å²) in [5.41, 5.74) is 0.578. The van der Waals surface area contributed by atoms with Crippen LogP contribution in [0.3, 0.4) is 0 Å². The zero-order valence-corrected chi connectivity index (χ0v) is 17.2. The molecule has 0 radical (unpaired) electrons. The van der Waals surface area contributed by atoms with Crippen LogP contribution in [0, 0.1) is 6.92 Å². The molecule has 0 bridgehead atoms. The van der Waals surface area contributed by atoms with Crippen LogP contribution in [0.15, 0.2) is 27.8 Å². The molecule has 0 fully saturated rings. The van der Waals surface area contributed by atoms with Crippen molar-refractivity contribution in [1.29, 1.82) is 0 Å². The molecule has 2 aromatic heterocycles. The first-order chi connectivity index (χ1) is 12.5. The lowest BCUT2D eigenvalue weighted by Crippen LogP contribution is -2.14. The van der Waals surface area contributed by atoms with E-state index in [0.717, 1.165) is 9.48 Å². The highest BCUT2D eigenvalue weighted by Gasteiger charge is 2.17. The Balaban J connectivity index is 1.74. The lowest BCUT2D eigenvalue weighted by molar-refractivity contribution is -0.113. The maximum atomic E-state index is 12.1. The minimum atomic E-state index is -0.191. The fourth-order valence-corrected chi connectivity index (χ4v) is 3.97. The van der Waals surface area contributed by atoms with E-state index in [1.807, 2.05) is 18.4 Å². The van der Waals surface area contributed by atoms with Crippen molar-refractivity contribution in [3.63, 3.8) is 0 Å². The number of aromatic nitrogens is 5. The molecule has 0 atom stereocenters. The number of hydrogen-bond acceptors (Lipinski definition) is 8. The van der Waals surface area contributed by atoms with Gasteiger partial charge in [0.1, 0.15) is 10.8 Å². The molecule has 0 aliphatic heterocycles. The van der Waals surface area contributed by atoms with Crippen LogP contribution < -0.4 is 5.32 Å². The maximum Gasteiger partial charge on any atom is 0.236 e. The third-order valence-electron chi connectivity index (χ3n) is 3.34. The van der Waals surface area contributed by atoms with Gasteiger partial charge in [0.15, 0.2) is 11.0 Å². The van der Waals surface area contributed by atoms with Gasteiger partial charge in [0.2, 0.25) is 11.0 Å². The Kier molecular flexibility index (Phi) is 5.89. The fraction of sp³-hybridized carbons (Fsp3) is 0.267. The Morgan fingerprint density at radius 3 is 2.85 bits per heavy atom. The molecule has 11 heteroatoms. The Morgan fingerprint density at radius 2 is 2.15 bits per heavy atom. The number of nitrogens with zero attached hydrogens (tertiary/aromatic N) is 5. The van der Waals surface area contributed by atoms with E-state index in [1.165, 1.54) is 23.1 Å². The van der Waals surface area contributed by atoms with Crippen molar-refractivity contribution in [2.75, 3.05) is 11.1 Å². The summed E-state index contributed by atoms with van der Waals surface area (Å²) in [6.45, 7) is 4.38. The van der Waals surface area contributed by atoms with Crippen LogP contribution in [0.5, 0.6) is 5.75 Å². The molecule has 0 saturated heterocycles. The van der Waals surface area contributed by atoms with Crippen LogP contribution in [0.25, 0.3) is 11.4 Å². The Bertz CT molecular complexity index is 942. The molecular weight excluding hydrogens is 440 g/mol. The summed E-state index contributed by atoms with van der Waals surface area (Å²) in [6.07, 6.45) is 0. The van der Waals surface area contributed by atoms with Gasteiger partial charge in [-0.05, 0) is 32.0 Å². The van der Waals surface area contributed by atoms with Crippen LogP contribution in [-0.4, -0.2) is 41.7 Å². The zero-order valence-electron chi connectivity index (χ0n) is 13.9. The van der Waals surface area contributed by atoms with Crippen LogP contribution >= 0.6 is 39.0 Å². The van der Waals surface area contributed by atoms with Gasteiger partial charge in [0.25, 0.3) is 0 Å². The predicted molar refractivity (Wildman–Crippen MR) is 104 cm³/mol. The quantitative estimate of drug-likeness (QED) is 0.550. The van der Waals surface area contributed by atoms with Gasteiger partial charge in [-0.15, -0.1) is 20.4 Å². The van der Waals surface area contributed by atoms with Crippen molar-refractivity contribution in [1.82, 2.24) is 25.0 Å². The average molecular weight is 455 g/mol. The van der Waals surface area contributed by atoms with E-state index < -0.39 is 0 Å². The van der Waals surface area contributed by atoms with Crippen LogP contribution in [0.1, 0.15) is 11.9 Å². The number of anilines is 1. The van der Waals surface area contributed by atoms with Gasteiger partial charge in [0.05, 0.1) is 11.3 Å². The molecule has 26 heavy (non-hydrogen) atoms. The van der Waals surface area contributed by atoms with Gasteiger partial charge in [-0.3, -0.25) is 10.1 Å². The molecule has 0 spiro atoms. The Hall–Kier alpha value is -1.98. The van der Waals surface area contributed by atoms with Crippen molar-refractivity contribution in [2.45, 2.75) is 25.5 Å². The van der Waals surface area contributed by atoms with E-state index in [9.17, 15) is 9.90 Å². The Labute approximate surface area is 166 Å². The Morgan fingerprint density at radius 1 is 1.35 bits per heavy atom. The second-order valence-electron chi connectivity index (χ2n) is 5.17. The number of amides is 1. The smallest absolute Gasteiger partial charge is 0.236 e. The molecule has 0 unspecified atom stereocenters. The molecule has 3 rings (SSSR count). The van der Waals surface area contributed by atoms with E-state index in [0.29, 0.717) is 28.2 Å². The molecule has 8 nitrogen and oxygen atoms in total. The number of benzene rings is 1. The average Bonchev–Trinajstić information content (AvgIpc) is 3.20. The van der Waals surface area contributed by atoms with Gasteiger partial charge in [-0.1, -0.05) is 39.0 Å². The third-order valence-corrected chi connectivity index (χ3v) is 5.55. The number of aryl methyl sites for hydroxylation is 1. The maximum absolute atomic E-state index is 12.1. The summed E-state index contributed by atoms with van der Waals surface area (Å²) in [7, 11) is 0.